The molecular weight excluding hydrogens is 590 g/mol. The lowest BCUT2D eigenvalue weighted by atomic mass is 10.0. The Hall–Kier alpha value is -3.63. The van der Waals surface area contributed by atoms with E-state index >= 15 is 0 Å². The van der Waals surface area contributed by atoms with Gasteiger partial charge in [-0.3, -0.25) is 14.9 Å². The van der Waals surface area contributed by atoms with E-state index < -0.39 is 0 Å². The van der Waals surface area contributed by atoms with Gasteiger partial charge >= 0.3 is 0 Å². The summed E-state index contributed by atoms with van der Waals surface area (Å²) in [7, 11) is 0. The smallest absolute Gasteiger partial charge is 0.219 e. The minimum atomic E-state index is -0.169. The minimum absolute atomic E-state index is 0.117. The predicted molar refractivity (Wildman–Crippen MR) is 189 cm³/mol. The van der Waals surface area contributed by atoms with Gasteiger partial charge in [0.2, 0.25) is 5.91 Å². The molecule has 1 amide bonds. The van der Waals surface area contributed by atoms with Crippen LogP contribution in [0.25, 0.3) is 22.5 Å². The number of rotatable bonds is 27. The van der Waals surface area contributed by atoms with Crippen LogP contribution in [0.5, 0.6) is 5.75 Å². The highest BCUT2D eigenvalue weighted by Gasteiger charge is 2.12. The van der Waals surface area contributed by atoms with Crippen LogP contribution in [-0.2, 0) is 9.59 Å². The van der Waals surface area contributed by atoms with E-state index in [9.17, 15) is 9.59 Å². The van der Waals surface area contributed by atoms with Crippen LogP contribution >= 0.6 is 0 Å². The molecule has 0 aliphatic heterocycles. The third kappa shape index (κ3) is 16.2. The number of amides is 1. The van der Waals surface area contributed by atoms with Crippen molar-refractivity contribution < 1.29 is 14.3 Å². The van der Waals surface area contributed by atoms with E-state index in [2.05, 4.69) is 55.5 Å². The zero-order chi connectivity index (χ0) is 33.4. The van der Waals surface area contributed by atoms with Crippen molar-refractivity contribution in [1.29, 1.82) is 0 Å². The van der Waals surface area contributed by atoms with Crippen molar-refractivity contribution in [1.82, 2.24) is 31.3 Å². The number of H-pyrrole nitrogens is 1. The molecule has 0 unspecified atom stereocenters. The number of carbonyl (C=O) groups excluding carboxylic acids is 2. The number of carbonyl (C=O) groups is 2. The van der Waals surface area contributed by atoms with Gasteiger partial charge in [0, 0.05) is 25.2 Å². The Labute approximate surface area is 281 Å². The van der Waals surface area contributed by atoms with Crippen molar-refractivity contribution in [2.45, 2.75) is 122 Å². The Morgan fingerprint density at radius 3 is 1.85 bits per heavy atom. The van der Waals surface area contributed by atoms with Gasteiger partial charge in [0.15, 0.2) is 5.82 Å². The highest BCUT2D eigenvalue weighted by Crippen LogP contribution is 2.25. The summed E-state index contributed by atoms with van der Waals surface area (Å²) in [6.45, 7) is 3.34. The zero-order valence-corrected chi connectivity index (χ0v) is 28.5. The molecule has 3 rings (SSSR count). The van der Waals surface area contributed by atoms with Gasteiger partial charge in [-0.1, -0.05) is 107 Å². The molecule has 3 aromatic rings. The molecule has 0 saturated heterocycles. The number of aromatic amines is 1. The first-order valence-corrected chi connectivity index (χ1v) is 17.8. The lowest BCUT2D eigenvalue weighted by molar-refractivity contribution is -0.121. The standard InChI is InChI=1S/C37H57N7O3/c1-30(45)35(40-29-38)17-14-15-27-39-36(46)18-13-11-9-7-5-3-2-4-6-8-10-12-16-28-47-34-25-23-32(24-26-34)31-19-21-33(22-20-31)37-41-43-44-42-37/h19-26,35,40H,2-18,27-29,38H2,1H3,(H,39,46)(H,41,42,43,44)/t35-/m0/s1. The quantitative estimate of drug-likeness (QED) is 0.0505. The SMILES string of the molecule is CC(=O)[C@H](CCCCNC(=O)CCCCCCCCCCCCCCCOc1ccc(-c2ccc(-c3nnn[nH]3)cc2)cc1)NCN. The maximum absolute atomic E-state index is 12.0. The van der Waals surface area contributed by atoms with Crippen LogP contribution in [0.2, 0.25) is 0 Å². The Morgan fingerprint density at radius 1 is 0.745 bits per heavy atom. The van der Waals surface area contributed by atoms with Gasteiger partial charge in [0.25, 0.3) is 0 Å². The maximum Gasteiger partial charge on any atom is 0.219 e. The lowest BCUT2D eigenvalue weighted by Gasteiger charge is -2.14. The molecular formula is C37H57N7O3. The monoisotopic (exact) mass is 647 g/mol. The molecule has 47 heavy (non-hydrogen) atoms. The molecule has 1 aromatic heterocycles. The molecule has 258 valence electrons. The molecule has 0 fully saturated rings. The van der Waals surface area contributed by atoms with Gasteiger partial charge in [0.1, 0.15) is 11.5 Å². The molecule has 0 bridgehead atoms. The molecule has 10 nitrogen and oxygen atoms in total. The second kappa shape index (κ2) is 23.7. The van der Waals surface area contributed by atoms with Gasteiger partial charge in [-0.25, -0.2) is 5.10 Å². The molecule has 0 aliphatic rings. The number of Topliss-reactive ketones (excluding diaryl/α,β-unsaturated/α-hetero) is 1. The molecule has 0 radical (unpaired) electrons. The average Bonchev–Trinajstić information content (AvgIpc) is 3.63. The number of aromatic nitrogens is 4. The van der Waals surface area contributed by atoms with E-state index in [-0.39, 0.29) is 17.7 Å². The summed E-state index contributed by atoms with van der Waals surface area (Å²) >= 11 is 0. The van der Waals surface area contributed by atoms with Crippen LogP contribution < -0.4 is 21.1 Å². The Balaban J connectivity index is 1.06. The molecule has 1 atom stereocenters. The van der Waals surface area contributed by atoms with Crippen molar-refractivity contribution in [2.75, 3.05) is 19.8 Å². The molecule has 1 heterocycles. The fourth-order valence-electron chi connectivity index (χ4n) is 5.75. The number of ketones is 1. The van der Waals surface area contributed by atoms with Crippen molar-refractivity contribution in [3.63, 3.8) is 0 Å². The molecule has 0 spiro atoms. The molecule has 10 heteroatoms. The zero-order valence-electron chi connectivity index (χ0n) is 28.5. The molecule has 0 saturated carbocycles. The number of tetrazole rings is 1. The second-order valence-electron chi connectivity index (χ2n) is 12.5. The minimum Gasteiger partial charge on any atom is -0.494 e. The van der Waals surface area contributed by atoms with E-state index in [0.717, 1.165) is 67.6 Å². The highest BCUT2D eigenvalue weighted by atomic mass is 16.5. The first-order valence-electron chi connectivity index (χ1n) is 17.8. The van der Waals surface area contributed by atoms with Crippen LogP contribution in [0.3, 0.4) is 0 Å². The molecule has 2 aromatic carbocycles. The maximum atomic E-state index is 12.0. The van der Waals surface area contributed by atoms with E-state index in [1.54, 1.807) is 6.92 Å². The number of ether oxygens (including phenoxy) is 1. The van der Waals surface area contributed by atoms with E-state index in [0.29, 0.717) is 25.5 Å². The topological polar surface area (TPSA) is 148 Å². The highest BCUT2D eigenvalue weighted by molar-refractivity contribution is 5.81. The van der Waals surface area contributed by atoms with Crippen molar-refractivity contribution in [2.24, 2.45) is 5.73 Å². The van der Waals surface area contributed by atoms with Gasteiger partial charge in [-0.15, -0.1) is 5.10 Å². The van der Waals surface area contributed by atoms with Crippen LogP contribution in [0.15, 0.2) is 48.5 Å². The van der Waals surface area contributed by atoms with Crippen LogP contribution in [-0.4, -0.2) is 58.2 Å². The van der Waals surface area contributed by atoms with Gasteiger partial charge in [0.05, 0.1) is 12.6 Å². The first-order chi connectivity index (χ1) is 23.1. The average molecular weight is 648 g/mol. The fourth-order valence-corrected chi connectivity index (χ4v) is 5.75. The Kier molecular flexibility index (Phi) is 19.0. The summed E-state index contributed by atoms with van der Waals surface area (Å²) in [4.78, 5) is 23.5. The van der Waals surface area contributed by atoms with Crippen molar-refractivity contribution >= 4 is 11.7 Å². The Bertz CT molecular complexity index is 1230. The summed E-state index contributed by atoms with van der Waals surface area (Å²) in [5.41, 5.74) is 8.73. The van der Waals surface area contributed by atoms with E-state index in [1.807, 2.05) is 24.3 Å². The van der Waals surface area contributed by atoms with Crippen LogP contribution in [0.1, 0.15) is 116 Å². The van der Waals surface area contributed by atoms with Gasteiger partial charge < -0.3 is 15.8 Å². The van der Waals surface area contributed by atoms with Crippen LogP contribution in [0, 0.1) is 0 Å². The number of nitrogens with one attached hydrogen (secondary N) is 3. The number of nitrogens with two attached hydrogens (primary N) is 1. The van der Waals surface area contributed by atoms with Crippen molar-refractivity contribution in [3.05, 3.63) is 48.5 Å². The summed E-state index contributed by atoms with van der Waals surface area (Å²) in [5.74, 6) is 1.85. The summed E-state index contributed by atoms with van der Waals surface area (Å²) in [6.07, 6.45) is 19.3. The largest absolute Gasteiger partial charge is 0.494 e. The number of hydrogen-bond donors (Lipinski definition) is 4. The summed E-state index contributed by atoms with van der Waals surface area (Å²) in [6, 6.07) is 16.3. The normalized spacial score (nSPS) is 11.8. The lowest BCUT2D eigenvalue weighted by Crippen LogP contribution is -2.39. The molecule has 0 aliphatic carbocycles. The Morgan fingerprint density at radius 2 is 1.30 bits per heavy atom. The second-order valence-corrected chi connectivity index (χ2v) is 12.5. The number of benzene rings is 2. The summed E-state index contributed by atoms with van der Waals surface area (Å²) < 4.78 is 5.97. The third-order valence-corrected chi connectivity index (χ3v) is 8.60. The first kappa shape index (κ1) is 37.8. The van der Waals surface area contributed by atoms with Gasteiger partial charge in [-0.2, -0.15) is 0 Å². The predicted octanol–water partition coefficient (Wildman–Crippen LogP) is 7.12. The number of nitrogens with zero attached hydrogens (tertiary/aromatic N) is 3. The summed E-state index contributed by atoms with van der Waals surface area (Å²) in [5, 5.41) is 20.0. The number of unbranched alkanes of at least 4 members (excludes halogenated alkanes) is 13. The van der Waals surface area contributed by atoms with Crippen LogP contribution in [0.4, 0.5) is 0 Å². The number of hydrogen-bond acceptors (Lipinski definition) is 8. The van der Waals surface area contributed by atoms with Crippen molar-refractivity contribution in [3.8, 4) is 28.3 Å². The van der Waals surface area contributed by atoms with E-state index in [4.69, 9.17) is 10.5 Å². The molecule has 5 N–H and O–H groups in total. The third-order valence-electron chi connectivity index (χ3n) is 8.60. The van der Waals surface area contributed by atoms with Gasteiger partial charge in [-0.05, 0) is 72.7 Å². The van der Waals surface area contributed by atoms with E-state index in [1.165, 1.54) is 64.2 Å². The fraction of sp³-hybridized carbons (Fsp3) is 0.595.